The van der Waals surface area contributed by atoms with E-state index in [0.29, 0.717) is 6.61 Å². The standard InChI is InChI=1S/C27H33NO8/c1-18(29)14-21-23(28-25(30)33-16-20-12-8-5-9-13-20)24-27(31,36-26(2,3)35-24)22(34-21)17-32-15-19-10-6-4-7-11-19/h4-13,21-24,31H,14-17H2,1-3H3,(H,28,30)/t21-,22-,23+,24+,27-/m1/s1. The molecule has 36 heavy (non-hydrogen) atoms. The van der Waals surface area contributed by atoms with Crippen LogP contribution in [-0.2, 0) is 41.7 Å². The van der Waals surface area contributed by atoms with Crippen molar-refractivity contribution >= 4 is 11.9 Å². The van der Waals surface area contributed by atoms with Gasteiger partial charge in [-0.3, -0.25) is 4.79 Å². The fraction of sp³-hybridized carbons (Fsp3) is 0.481. The Morgan fingerprint density at radius 2 is 1.61 bits per heavy atom. The smallest absolute Gasteiger partial charge is 0.407 e. The third-order valence-electron chi connectivity index (χ3n) is 6.12. The molecule has 9 nitrogen and oxygen atoms in total. The minimum absolute atomic E-state index is 0.00478. The second-order valence-corrected chi connectivity index (χ2v) is 9.59. The average molecular weight is 500 g/mol. The van der Waals surface area contributed by atoms with Crippen LogP contribution in [0.15, 0.2) is 60.7 Å². The lowest BCUT2D eigenvalue weighted by Gasteiger charge is -2.46. The minimum atomic E-state index is -1.93. The predicted molar refractivity (Wildman–Crippen MR) is 129 cm³/mol. The lowest BCUT2D eigenvalue weighted by Crippen LogP contribution is -2.69. The third-order valence-corrected chi connectivity index (χ3v) is 6.12. The van der Waals surface area contributed by atoms with Crippen LogP contribution >= 0.6 is 0 Å². The number of amides is 1. The summed E-state index contributed by atoms with van der Waals surface area (Å²) in [5, 5.41) is 14.4. The number of aliphatic hydroxyl groups is 1. The number of Topliss-reactive ketones (excluding diaryl/α,β-unsaturated/α-hetero) is 1. The molecule has 2 fully saturated rings. The van der Waals surface area contributed by atoms with Gasteiger partial charge >= 0.3 is 6.09 Å². The van der Waals surface area contributed by atoms with E-state index in [1.807, 2.05) is 60.7 Å². The van der Waals surface area contributed by atoms with E-state index in [2.05, 4.69) is 5.32 Å². The van der Waals surface area contributed by atoms with Crippen LogP contribution in [0, 0.1) is 0 Å². The van der Waals surface area contributed by atoms with Gasteiger partial charge in [-0.2, -0.15) is 0 Å². The zero-order valence-electron chi connectivity index (χ0n) is 20.7. The van der Waals surface area contributed by atoms with E-state index in [-0.39, 0.29) is 25.4 Å². The first kappa shape index (κ1) is 26.2. The molecule has 0 bridgehead atoms. The molecule has 2 aliphatic rings. The summed E-state index contributed by atoms with van der Waals surface area (Å²) in [5.41, 5.74) is 1.78. The summed E-state index contributed by atoms with van der Waals surface area (Å²) in [6.07, 6.45) is -3.51. The first-order valence-corrected chi connectivity index (χ1v) is 12.0. The van der Waals surface area contributed by atoms with E-state index in [9.17, 15) is 14.7 Å². The van der Waals surface area contributed by atoms with Gasteiger partial charge < -0.3 is 34.1 Å². The molecule has 0 spiro atoms. The molecular formula is C27H33NO8. The Hall–Kier alpha value is -2.82. The van der Waals surface area contributed by atoms with Crippen molar-refractivity contribution in [1.29, 1.82) is 0 Å². The van der Waals surface area contributed by atoms with Crippen LogP contribution in [0.1, 0.15) is 38.3 Å². The van der Waals surface area contributed by atoms with Crippen LogP contribution in [0.2, 0.25) is 0 Å². The van der Waals surface area contributed by atoms with E-state index >= 15 is 0 Å². The number of ketones is 1. The highest BCUT2D eigenvalue weighted by atomic mass is 16.8. The molecule has 2 heterocycles. The number of nitrogens with one attached hydrogen (secondary N) is 1. The van der Waals surface area contributed by atoms with Gasteiger partial charge in [-0.1, -0.05) is 60.7 Å². The molecule has 0 unspecified atom stereocenters. The summed E-state index contributed by atoms with van der Waals surface area (Å²) < 4.78 is 29.3. The molecule has 2 aromatic rings. The van der Waals surface area contributed by atoms with E-state index in [1.165, 1.54) is 6.92 Å². The van der Waals surface area contributed by atoms with Crippen molar-refractivity contribution in [2.45, 2.75) is 76.3 Å². The first-order chi connectivity index (χ1) is 17.2. The first-order valence-electron chi connectivity index (χ1n) is 12.0. The highest BCUT2D eigenvalue weighted by Gasteiger charge is 2.65. The summed E-state index contributed by atoms with van der Waals surface area (Å²) in [5.74, 6) is -3.23. The Balaban J connectivity index is 1.49. The number of alkyl carbamates (subject to hydrolysis) is 1. The van der Waals surface area contributed by atoms with Gasteiger partial charge in [0.25, 0.3) is 0 Å². The van der Waals surface area contributed by atoms with Gasteiger partial charge in [-0.25, -0.2) is 4.79 Å². The van der Waals surface area contributed by atoms with Crippen molar-refractivity contribution in [3.05, 3.63) is 71.8 Å². The lowest BCUT2D eigenvalue weighted by molar-refractivity contribution is -0.316. The zero-order chi connectivity index (χ0) is 25.8. The van der Waals surface area contributed by atoms with Crippen molar-refractivity contribution in [2.75, 3.05) is 6.61 Å². The molecular weight excluding hydrogens is 466 g/mol. The molecule has 194 valence electrons. The van der Waals surface area contributed by atoms with Crippen LogP contribution < -0.4 is 5.32 Å². The minimum Gasteiger partial charge on any atom is -0.445 e. The Kier molecular flexibility index (Phi) is 8.07. The number of fused-ring (bicyclic) bond motifs is 1. The molecule has 5 atom stereocenters. The highest BCUT2D eigenvalue weighted by molar-refractivity contribution is 5.76. The van der Waals surface area contributed by atoms with Crippen molar-refractivity contribution in [3.63, 3.8) is 0 Å². The average Bonchev–Trinajstić information content (AvgIpc) is 3.10. The topological polar surface area (TPSA) is 113 Å². The maximum Gasteiger partial charge on any atom is 0.407 e. The molecule has 2 N–H and O–H groups in total. The van der Waals surface area contributed by atoms with Gasteiger partial charge in [0.05, 0.1) is 25.4 Å². The number of hydrogen-bond donors (Lipinski definition) is 2. The maximum atomic E-state index is 12.7. The number of carbonyl (C=O) groups is 2. The van der Waals surface area contributed by atoms with E-state index in [4.69, 9.17) is 23.7 Å². The summed E-state index contributed by atoms with van der Waals surface area (Å²) in [6.45, 7) is 5.11. The quantitative estimate of drug-likeness (QED) is 0.541. The molecule has 2 aliphatic heterocycles. The van der Waals surface area contributed by atoms with Crippen LogP contribution in [0.25, 0.3) is 0 Å². The predicted octanol–water partition coefficient (Wildman–Crippen LogP) is 3.08. The molecule has 0 saturated carbocycles. The molecule has 0 aliphatic carbocycles. The molecule has 0 radical (unpaired) electrons. The number of rotatable bonds is 9. The Morgan fingerprint density at radius 3 is 2.22 bits per heavy atom. The van der Waals surface area contributed by atoms with Crippen molar-refractivity contribution < 1.29 is 38.4 Å². The van der Waals surface area contributed by atoms with Crippen LogP contribution in [-0.4, -0.2) is 59.5 Å². The number of carbonyl (C=O) groups excluding carboxylic acids is 2. The van der Waals surface area contributed by atoms with E-state index in [1.54, 1.807) is 13.8 Å². The van der Waals surface area contributed by atoms with Gasteiger partial charge in [-0.15, -0.1) is 0 Å². The third kappa shape index (κ3) is 6.29. The lowest BCUT2D eigenvalue weighted by atomic mass is 9.88. The molecule has 9 heteroatoms. The van der Waals surface area contributed by atoms with Crippen LogP contribution in [0.3, 0.4) is 0 Å². The van der Waals surface area contributed by atoms with Crippen molar-refractivity contribution in [3.8, 4) is 0 Å². The fourth-order valence-electron chi connectivity index (χ4n) is 4.58. The molecule has 1 amide bonds. The number of ether oxygens (including phenoxy) is 5. The molecule has 0 aromatic heterocycles. The van der Waals surface area contributed by atoms with Crippen LogP contribution in [0.4, 0.5) is 4.79 Å². The van der Waals surface area contributed by atoms with Gasteiger partial charge in [0, 0.05) is 6.42 Å². The van der Waals surface area contributed by atoms with Crippen molar-refractivity contribution in [1.82, 2.24) is 5.32 Å². The van der Waals surface area contributed by atoms with Crippen LogP contribution in [0.5, 0.6) is 0 Å². The molecule has 2 aromatic carbocycles. The molecule has 2 saturated heterocycles. The second kappa shape index (κ2) is 11.1. The fourth-order valence-corrected chi connectivity index (χ4v) is 4.58. The van der Waals surface area contributed by atoms with Gasteiger partial charge in [0.2, 0.25) is 5.79 Å². The van der Waals surface area contributed by atoms with Gasteiger partial charge in [0.1, 0.15) is 24.6 Å². The summed E-state index contributed by atoms with van der Waals surface area (Å²) in [4.78, 5) is 24.8. The Morgan fingerprint density at radius 1 is 1.00 bits per heavy atom. The van der Waals surface area contributed by atoms with Crippen molar-refractivity contribution in [2.24, 2.45) is 0 Å². The normalized spacial score (nSPS) is 28.8. The SMILES string of the molecule is CC(=O)C[C@H]1O[C@H](COCc2ccccc2)[C@@]2(O)OC(C)(C)O[C@H]2[C@H]1NC(=O)OCc1ccccc1. The Bertz CT molecular complexity index is 1030. The monoisotopic (exact) mass is 499 g/mol. The van der Waals surface area contributed by atoms with Gasteiger partial charge in [-0.05, 0) is 31.9 Å². The maximum absolute atomic E-state index is 12.7. The number of benzene rings is 2. The Labute approximate surface area is 210 Å². The van der Waals surface area contributed by atoms with E-state index in [0.717, 1.165) is 11.1 Å². The summed E-state index contributed by atoms with van der Waals surface area (Å²) in [7, 11) is 0. The molecule has 4 rings (SSSR count). The summed E-state index contributed by atoms with van der Waals surface area (Å²) >= 11 is 0. The zero-order valence-corrected chi connectivity index (χ0v) is 20.7. The number of hydrogen-bond acceptors (Lipinski definition) is 8. The highest BCUT2D eigenvalue weighted by Crippen LogP contribution is 2.44. The van der Waals surface area contributed by atoms with Gasteiger partial charge in [0.15, 0.2) is 5.79 Å². The van der Waals surface area contributed by atoms with E-state index < -0.39 is 42.0 Å². The summed E-state index contributed by atoms with van der Waals surface area (Å²) in [6, 6.07) is 17.9. The largest absolute Gasteiger partial charge is 0.445 e. The second-order valence-electron chi connectivity index (χ2n) is 9.59.